The molecule has 3 heteroatoms. The zero-order chi connectivity index (χ0) is 12.8. The molecule has 1 heterocycles. The van der Waals surface area contributed by atoms with Crippen LogP contribution in [0.15, 0.2) is 30.8 Å². The van der Waals surface area contributed by atoms with Crippen molar-refractivity contribution in [1.82, 2.24) is 4.90 Å². The van der Waals surface area contributed by atoms with E-state index in [1.165, 1.54) is 5.56 Å². The van der Waals surface area contributed by atoms with Crippen molar-refractivity contribution in [3.63, 3.8) is 0 Å². The molecule has 1 aromatic rings. The second kappa shape index (κ2) is 6.69. The van der Waals surface area contributed by atoms with Crippen molar-refractivity contribution in [3.05, 3.63) is 42.0 Å². The van der Waals surface area contributed by atoms with Gasteiger partial charge in [-0.05, 0) is 12.5 Å². The largest absolute Gasteiger partial charge is 0.379 e. The quantitative estimate of drug-likeness (QED) is 0.798. The number of ether oxygens (including phenoxy) is 2. The third-order valence-corrected chi connectivity index (χ3v) is 3.18. The minimum Gasteiger partial charge on any atom is -0.379 e. The van der Waals surface area contributed by atoms with E-state index in [4.69, 9.17) is 9.47 Å². The van der Waals surface area contributed by atoms with Gasteiger partial charge in [-0.15, -0.1) is 0 Å². The van der Waals surface area contributed by atoms with E-state index >= 15 is 0 Å². The normalized spacial score (nSPS) is 18.5. The third-order valence-electron chi connectivity index (χ3n) is 3.18. The third kappa shape index (κ3) is 2.99. The molecule has 1 aliphatic rings. The fourth-order valence-corrected chi connectivity index (χ4v) is 2.28. The van der Waals surface area contributed by atoms with Crippen LogP contribution in [0, 0.1) is 0 Å². The monoisotopic (exact) mass is 247 g/mol. The molecule has 0 aliphatic carbocycles. The molecule has 1 saturated heterocycles. The molecule has 0 radical (unpaired) electrons. The van der Waals surface area contributed by atoms with Crippen molar-refractivity contribution in [2.45, 2.75) is 13.2 Å². The number of rotatable bonds is 5. The molecule has 1 fully saturated rings. The van der Waals surface area contributed by atoms with Gasteiger partial charge in [-0.25, -0.2) is 0 Å². The first-order valence-electron chi connectivity index (χ1n) is 6.51. The van der Waals surface area contributed by atoms with E-state index in [-0.39, 0.29) is 6.23 Å². The molecule has 18 heavy (non-hydrogen) atoms. The number of hydrogen-bond donors (Lipinski definition) is 0. The van der Waals surface area contributed by atoms with Crippen LogP contribution in [0.1, 0.15) is 24.3 Å². The van der Waals surface area contributed by atoms with Crippen molar-refractivity contribution >= 4 is 6.08 Å². The molecular formula is C15H21NO2. The van der Waals surface area contributed by atoms with Crippen molar-refractivity contribution in [3.8, 4) is 0 Å². The molecule has 0 saturated carbocycles. The number of morpholine rings is 1. The van der Waals surface area contributed by atoms with Gasteiger partial charge < -0.3 is 9.47 Å². The second-order valence-corrected chi connectivity index (χ2v) is 4.29. The van der Waals surface area contributed by atoms with Crippen molar-refractivity contribution in [1.29, 1.82) is 0 Å². The van der Waals surface area contributed by atoms with E-state index in [2.05, 4.69) is 29.7 Å². The molecule has 2 rings (SSSR count). The predicted molar refractivity (Wildman–Crippen MR) is 73.3 cm³/mol. The Morgan fingerprint density at radius 2 is 2.11 bits per heavy atom. The number of hydrogen-bond acceptors (Lipinski definition) is 3. The summed E-state index contributed by atoms with van der Waals surface area (Å²) in [5.41, 5.74) is 2.33. The summed E-state index contributed by atoms with van der Waals surface area (Å²) < 4.78 is 11.3. The zero-order valence-electron chi connectivity index (χ0n) is 11.0. The van der Waals surface area contributed by atoms with Crippen LogP contribution in [-0.2, 0) is 9.47 Å². The smallest absolute Gasteiger partial charge is 0.137 e. The summed E-state index contributed by atoms with van der Waals surface area (Å²) in [5, 5.41) is 0. The average Bonchev–Trinajstić information content (AvgIpc) is 2.46. The summed E-state index contributed by atoms with van der Waals surface area (Å²) in [4.78, 5) is 2.33. The molecule has 3 nitrogen and oxygen atoms in total. The Labute approximate surface area is 109 Å². The van der Waals surface area contributed by atoms with Gasteiger partial charge in [0.2, 0.25) is 0 Å². The zero-order valence-corrected chi connectivity index (χ0v) is 11.0. The summed E-state index contributed by atoms with van der Waals surface area (Å²) in [5.74, 6) is 0. The molecule has 0 aromatic heterocycles. The highest BCUT2D eigenvalue weighted by Crippen LogP contribution is 2.26. The van der Waals surface area contributed by atoms with Crippen LogP contribution in [-0.4, -0.2) is 37.8 Å². The lowest BCUT2D eigenvalue weighted by Crippen LogP contribution is -2.40. The van der Waals surface area contributed by atoms with Gasteiger partial charge >= 0.3 is 0 Å². The number of benzene rings is 1. The molecule has 0 amide bonds. The predicted octanol–water partition coefficient (Wildman–Crippen LogP) is 2.70. The van der Waals surface area contributed by atoms with Gasteiger partial charge in [0.05, 0.1) is 13.2 Å². The molecule has 98 valence electrons. The minimum atomic E-state index is 0.00750. The molecule has 0 bridgehead atoms. The highest BCUT2D eigenvalue weighted by molar-refractivity contribution is 5.52. The molecule has 0 spiro atoms. The topological polar surface area (TPSA) is 21.7 Å². The van der Waals surface area contributed by atoms with Crippen LogP contribution >= 0.6 is 0 Å². The fourth-order valence-electron chi connectivity index (χ4n) is 2.28. The summed E-state index contributed by atoms with van der Waals surface area (Å²) in [7, 11) is 0. The van der Waals surface area contributed by atoms with Crippen molar-refractivity contribution < 1.29 is 9.47 Å². The molecule has 1 unspecified atom stereocenters. The van der Waals surface area contributed by atoms with Gasteiger partial charge in [-0.3, -0.25) is 4.90 Å². The second-order valence-electron chi connectivity index (χ2n) is 4.29. The van der Waals surface area contributed by atoms with Crippen LogP contribution in [0.5, 0.6) is 0 Å². The average molecular weight is 247 g/mol. The lowest BCUT2D eigenvalue weighted by molar-refractivity contribution is -0.0958. The SMILES string of the molecule is C=Cc1ccccc1C(OCC)N1CCOCC1. The Kier molecular flexibility index (Phi) is 4.93. The summed E-state index contributed by atoms with van der Waals surface area (Å²) >= 11 is 0. The summed E-state index contributed by atoms with van der Waals surface area (Å²) in [6.07, 6.45) is 1.90. The van der Waals surface area contributed by atoms with E-state index < -0.39 is 0 Å². The highest BCUT2D eigenvalue weighted by Gasteiger charge is 2.24. The first kappa shape index (κ1) is 13.3. The van der Waals surface area contributed by atoms with Gasteiger partial charge in [-0.2, -0.15) is 0 Å². The maximum Gasteiger partial charge on any atom is 0.137 e. The minimum absolute atomic E-state index is 0.00750. The van der Waals surface area contributed by atoms with Gasteiger partial charge in [-0.1, -0.05) is 36.9 Å². The Morgan fingerprint density at radius 1 is 1.39 bits per heavy atom. The molecule has 1 aromatic carbocycles. The van der Waals surface area contributed by atoms with E-state index in [1.807, 2.05) is 19.1 Å². The summed E-state index contributed by atoms with van der Waals surface area (Å²) in [6, 6.07) is 8.28. The van der Waals surface area contributed by atoms with Crippen LogP contribution in [0.2, 0.25) is 0 Å². The Bertz CT molecular complexity index is 386. The van der Waals surface area contributed by atoms with Gasteiger partial charge in [0, 0.05) is 25.3 Å². The fraction of sp³-hybridized carbons (Fsp3) is 0.467. The van der Waals surface area contributed by atoms with Crippen LogP contribution < -0.4 is 0 Å². The molecule has 1 atom stereocenters. The van der Waals surface area contributed by atoms with E-state index in [9.17, 15) is 0 Å². The van der Waals surface area contributed by atoms with E-state index in [1.54, 1.807) is 0 Å². The standard InChI is InChI=1S/C15H21NO2/c1-3-13-7-5-6-8-14(13)15(18-4-2)16-9-11-17-12-10-16/h3,5-8,15H,1,4,9-12H2,2H3. The molecule has 0 N–H and O–H groups in total. The maximum absolute atomic E-state index is 5.93. The van der Waals surface area contributed by atoms with Crippen molar-refractivity contribution in [2.24, 2.45) is 0 Å². The van der Waals surface area contributed by atoms with E-state index in [0.717, 1.165) is 31.9 Å². The lowest BCUT2D eigenvalue weighted by Gasteiger charge is -2.34. The van der Waals surface area contributed by atoms with Crippen LogP contribution in [0.3, 0.4) is 0 Å². The first-order valence-corrected chi connectivity index (χ1v) is 6.51. The maximum atomic E-state index is 5.93. The number of nitrogens with zero attached hydrogens (tertiary/aromatic N) is 1. The van der Waals surface area contributed by atoms with Gasteiger partial charge in [0.1, 0.15) is 6.23 Å². The van der Waals surface area contributed by atoms with Crippen molar-refractivity contribution in [2.75, 3.05) is 32.9 Å². The molecule has 1 aliphatic heterocycles. The Morgan fingerprint density at radius 3 is 2.78 bits per heavy atom. The Balaban J connectivity index is 2.24. The molecular weight excluding hydrogens is 226 g/mol. The van der Waals surface area contributed by atoms with Gasteiger partial charge in [0.15, 0.2) is 0 Å². The van der Waals surface area contributed by atoms with Crippen LogP contribution in [0.4, 0.5) is 0 Å². The van der Waals surface area contributed by atoms with E-state index in [0.29, 0.717) is 6.61 Å². The first-order chi connectivity index (χ1) is 8.86. The van der Waals surface area contributed by atoms with Crippen LogP contribution in [0.25, 0.3) is 6.08 Å². The lowest BCUT2D eigenvalue weighted by atomic mass is 10.1. The Hall–Kier alpha value is -1.16. The summed E-state index contributed by atoms with van der Waals surface area (Å²) in [6.45, 7) is 9.99. The van der Waals surface area contributed by atoms with Gasteiger partial charge in [0.25, 0.3) is 0 Å². The highest BCUT2D eigenvalue weighted by atomic mass is 16.5.